The van der Waals surface area contributed by atoms with Crippen LogP contribution >= 0.6 is 0 Å². The van der Waals surface area contributed by atoms with Crippen molar-refractivity contribution in [2.24, 2.45) is 23.5 Å². The van der Waals surface area contributed by atoms with Gasteiger partial charge >= 0.3 is 0 Å². The summed E-state index contributed by atoms with van der Waals surface area (Å²) in [6.45, 7) is 4.51. The molecule has 17 heavy (non-hydrogen) atoms. The Balaban J connectivity index is 2.14. The molecule has 1 fully saturated rings. The Morgan fingerprint density at radius 1 is 1.29 bits per heavy atom. The van der Waals surface area contributed by atoms with Crippen molar-refractivity contribution in [3.8, 4) is 0 Å². The van der Waals surface area contributed by atoms with Crippen LogP contribution in [0.5, 0.6) is 0 Å². The van der Waals surface area contributed by atoms with E-state index in [4.69, 9.17) is 5.73 Å². The highest BCUT2D eigenvalue weighted by Gasteiger charge is 2.30. The third kappa shape index (κ3) is 2.83. The first-order chi connectivity index (χ1) is 8.08. The Hall–Kier alpha value is -0.960. The van der Waals surface area contributed by atoms with Crippen LogP contribution in [-0.2, 0) is 0 Å². The van der Waals surface area contributed by atoms with Gasteiger partial charge < -0.3 is 5.73 Å². The van der Waals surface area contributed by atoms with Crippen molar-refractivity contribution in [3.63, 3.8) is 0 Å². The lowest BCUT2D eigenvalue weighted by atomic mass is 9.73. The van der Waals surface area contributed by atoms with Gasteiger partial charge in [-0.2, -0.15) is 0 Å². The molecule has 0 saturated heterocycles. The quantitative estimate of drug-likeness (QED) is 0.855. The van der Waals surface area contributed by atoms with Crippen LogP contribution in [0.3, 0.4) is 0 Å². The fourth-order valence-corrected chi connectivity index (χ4v) is 3.17. The highest BCUT2D eigenvalue weighted by atomic mass is 19.1. The van der Waals surface area contributed by atoms with Crippen LogP contribution in [0.25, 0.3) is 0 Å². The maximum atomic E-state index is 13.6. The van der Waals surface area contributed by atoms with Crippen LogP contribution < -0.4 is 5.73 Å². The Morgan fingerprint density at radius 3 is 2.53 bits per heavy atom. The zero-order valence-electron chi connectivity index (χ0n) is 10.6. The molecule has 0 aromatic carbocycles. The molecule has 0 bridgehead atoms. The molecule has 1 saturated carbocycles. The zero-order valence-corrected chi connectivity index (χ0v) is 10.6. The molecule has 1 aromatic heterocycles. The van der Waals surface area contributed by atoms with Gasteiger partial charge in [-0.3, -0.25) is 4.98 Å². The van der Waals surface area contributed by atoms with E-state index in [0.29, 0.717) is 23.4 Å². The van der Waals surface area contributed by atoms with E-state index in [1.807, 2.05) is 0 Å². The lowest BCUT2D eigenvalue weighted by Crippen LogP contribution is -2.30. The Kier molecular flexibility index (Phi) is 3.77. The Morgan fingerprint density at radius 2 is 1.94 bits per heavy atom. The summed E-state index contributed by atoms with van der Waals surface area (Å²) < 4.78 is 13.6. The molecule has 3 atom stereocenters. The lowest BCUT2D eigenvalue weighted by Gasteiger charge is -2.34. The standard InChI is InChI=1S/C14H21FN2/c1-9-6-10(2)8-11(7-9)13(16)14-12(15)4-3-5-17-14/h3-5,9-11,13H,6-8,16H2,1-2H3. The van der Waals surface area contributed by atoms with Gasteiger partial charge in [0.2, 0.25) is 0 Å². The van der Waals surface area contributed by atoms with Crippen molar-refractivity contribution in [2.45, 2.75) is 39.2 Å². The van der Waals surface area contributed by atoms with Gasteiger partial charge in [-0.25, -0.2) is 4.39 Å². The molecule has 2 nitrogen and oxygen atoms in total. The topological polar surface area (TPSA) is 38.9 Å². The second kappa shape index (κ2) is 5.13. The van der Waals surface area contributed by atoms with E-state index >= 15 is 0 Å². The maximum Gasteiger partial charge on any atom is 0.146 e. The van der Waals surface area contributed by atoms with Gasteiger partial charge in [-0.1, -0.05) is 13.8 Å². The van der Waals surface area contributed by atoms with E-state index in [0.717, 1.165) is 12.8 Å². The van der Waals surface area contributed by atoms with Gasteiger partial charge in [-0.15, -0.1) is 0 Å². The van der Waals surface area contributed by atoms with E-state index < -0.39 is 0 Å². The molecular formula is C14H21FN2. The number of nitrogens with zero attached hydrogens (tertiary/aromatic N) is 1. The molecule has 1 aromatic rings. The molecule has 0 aliphatic heterocycles. The van der Waals surface area contributed by atoms with Gasteiger partial charge in [0.25, 0.3) is 0 Å². The fourth-order valence-electron chi connectivity index (χ4n) is 3.17. The first kappa shape index (κ1) is 12.5. The zero-order chi connectivity index (χ0) is 12.4. The lowest BCUT2D eigenvalue weighted by molar-refractivity contribution is 0.190. The minimum atomic E-state index is -0.272. The van der Waals surface area contributed by atoms with E-state index in [1.54, 1.807) is 12.3 Å². The Labute approximate surface area is 102 Å². The predicted molar refractivity (Wildman–Crippen MR) is 66.8 cm³/mol. The van der Waals surface area contributed by atoms with Crippen LogP contribution in [-0.4, -0.2) is 4.98 Å². The molecule has 2 N–H and O–H groups in total. The van der Waals surface area contributed by atoms with Gasteiger partial charge in [-0.05, 0) is 49.1 Å². The third-order valence-corrected chi connectivity index (χ3v) is 3.83. The molecule has 0 radical (unpaired) electrons. The average molecular weight is 236 g/mol. The number of aromatic nitrogens is 1. The van der Waals surface area contributed by atoms with E-state index in [9.17, 15) is 4.39 Å². The molecule has 2 rings (SSSR count). The number of pyridine rings is 1. The SMILES string of the molecule is CC1CC(C)CC(C(N)c2ncccc2F)C1. The molecule has 3 unspecified atom stereocenters. The van der Waals surface area contributed by atoms with Crippen molar-refractivity contribution in [3.05, 3.63) is 29.8 Å². The maximum absolute atomic E-state index is 13.6. The molecular weight excluding hydrogens is 215 g/mol. The van der Waals surface area contributed by atoms with Gasteiger partial charge in [0.05, 0.1) is 11.7 Å². The van der Waals surface area contributed by atoms with E-state index in [2.05, 4.69) is 18.8 Å². The first-order valence-electron chi connectivity index (χ1n) is 6.44. The number of hydrogen-bond acceptors (Lipinski definition) is 2. The fraction of sp³-hybridized carbons (Fsp3) is 0.643. The number of rotatable bonds is 2. The van der Waals surface area contributed by atoms with Crippen molar-refractivity contribution in [1.29, 1.82) is 0 Å². The van der Waals surface area contributed by atoms with Gasteiger partial charge in [0.1, 0.15) is 5.82 Å². The number of hydrogen-bond donors (Lipinski definition) is 1. The highest BCUT2D eigenvalue weighted by Crippen LogP contribution is 2.38. The van der Waals surface area contributed by atoms with E-state index in [1.165, 1.54) is 12.5 Å². The summed E-state index contributed by atoms with van der Waals surface area (Å²) in [6, 6.07) is 2.79. The molecule has 1 heterocycles. The third-order valence-electron chi connectivity index (χ3n) is 3.83. The largest absolute Gasteiger partial charge is 0.322 e. The van der Waals surface area contributed by atoms with Gasteiger partial charge in [0, 0.05) is 6.20 Å². The normalized spacial score (nSPS) is 31.2. The molecule has 1 aliphatic carbocycles. The molecule has 94 valence electrons. The predicted octanol–water partition coefficient (Wildman–Crippen LogP) is 3.29. The summed E-state index contributed by atoms with van der Waals surface area (Å²) in [7, 11) is 0. The van der Waals surface area contributed by atoms with Crippen molar-refractivity contribution < 1.29 is 4.39 Å². The first-order valence-corrected chi connectivity index (χ1v) is 6.44. The summed E-state index contributed by atoms with van der Waals surface area (Å²) in [5.41, 5.74) is 6.62. The number of nitrogens with two attached hydrogens (primary N) is 1. The van der Waals surface area contributed by atoms with Gasteiger partial charge in [0.15, 0.2) is 0 Å². The minimum absolute atomic E-state index is 0.263. The van der Waals surface area contributed by atoms with Crippen molar-refractivity contribution in [1.82, 2.24) is 4.98 Å². The van der Waals surface area contributed by atoms with Crippen LogP contribution in [0, 0.1) is 23.6 Å². The van der Waals surface area contributed by atoms with Crippen LogP contribution in [0.1, 0.15) is 44.8 Å². The monoisotopic (exact) mass is 236 g/mol. The molecule has 0 amide bonds. The second-order valence-electron chi connectivity index (χ2n) is 5.57. The summed E-state index contributed by atoms with van der Waals surface area (Å²) in [6.07, 6.45) is 5.05. The average Bonchev–Trinajstić information content (AvgIpc) is 2.27. The highest BCUT2D eigenvalue weighted by molar-refractivity contribution is 5.12. The molecule has 0 spiro atoms. The molecule has 3 heteroatoms. The number of halogens is 1. The summed E-state index contributed by atoms with van der Waals surface area (Å²) in [5, 5.41) is 0. The van der Waals surface area contributed by atoms with E-state index in [-0.39, 0.29) is 11.9 Å². The van der Waals surface area contributed by atoms with Crippen molar-refractivity contribution >= 4 is 0 Å². The Bertz CT molecular complexity index is 370. The van der Waals surface area contributed by atoms with Crippen LogP contribution in [0.4, 0.5) is 4.39 Å². The summed E-state index contributed by atoms with van der Waals surface area (Å²) >= 11 is 0. The minimum Gasteiger partial charge on any atom is -0.322 e. The second-order valence-corrected chi connectivity index (χ2v) is 5.57. The van der Waals surface area contributed by atoms with Crippen molar-refractivity contribution in [2.75, 3.05) is 0 Å². The smallest absolute Gasteiger partial charge is 0.146 e. The van der Waals surface area contributed by atoms with Crippen LogP contribution in [0.2, 0.25) is 0 Å². The summed E-state index contributed by atoms with van der Waals surface area (Å²) in [5.74, 6) is 1.45. The summed E-state index contributed by atoms with van der Waals surface area (Å²) in [4.78, 5) is 4.10. The van der Waals surface area contributed by atoms with Crippen LogP contribution in [0.15, 0.2) is 18.3 Å². The molecule has 1 aliphatic rings.